The fourth-order valence-electron chi connectivity index (χ4n) is 4.47. The van der Waals surface area contributed by atoms with E-state index in [0.717, 1.165) is 16.8 Å². The number of carbonyl (C=O) groups is 1. The second-order valence-corrected chi connectivity index (χ2v) is 8.67. The van der Waals surface area contributed by atoms with Gasteiger partial charge in [0.05, 0.1) is 7.11 Å². The van der Waals surface area contributed by atoms with E-state index in [1.807, 2.05) is 54.6 Å². The summed E-state index contributed by atoms with van der Waals surface area (Å²) in [5.74, 6) is 2.40. The Morgan fingerprint density at radius 3 is 2.44 bits per heavy atom. The van der Waals surface area contributed by atoms with Gasteiger partial charge in [-0.05, 0) is 72.9 Å². The summed E-state index contributed by atoms with van der Waals surface area (Å²) in [5.41, 5.74) is 4.30. The van der Waals surface area contributed by atoms with Crippen molar-refractivity contribution >= 4 is 22.7 Å². The molecule has 0 radical (unpaired) electrons. The number of fused-ring (bicyclic) bond motifs is 1. The normalized spacial score (nSPS) is 14.1. The number of amides is 1. The number of aromatic nitrogens is 1. The van der Waals surface area contributed by atoms with Crippen LogP contribution >= 0.6 is 0 Å². The summed E-state index contributed by atoms with van der Waals surface area (Å²) in [6.45, 7) is -0.0442. The van der Waals surface area contributed by atoms with Gasteiger partial charge in [-0.2, -0.15) is 0 Å². The lowest BCUT2D eigenvalue weighted by Gasteiger charge is -2.22. The zero-order chi connectivity index (χ0) is 23.3. The molecule has 1 fully saturated rings. The van der Waals surface area contributed by atoms with E-state index in [1.54, 1.807) is 7.11 Å². The molecule has 1 aromatic heterocycles. The molecular formula is C28H28N2O4. The fraction of sp³-hybridized carbons (Fsp3) is 0.286. The van der Waals surface area contributed by atoms with Gasteiger partial charge >= 0.3 is 0 Å². The van der Waals surface area contributed by atoms with Crippen LogP contribution in [0.2, 0.25) is 0 Å². The van der Waals surface area contributed by atoms with Gasteiger partial charge in [0.2, 0.25) is 5.89 Å². The number of methoxy groups -OCH3 is 1. The van der Waals surface area contributed by atoms with Crippen LogP contribution in [0.3, 0.4) is 0 Å². The van der Waals surface area contributed by atoms with Gasteiger partial charge in [0.15, 0.2) is 12.2 Å². The largest absolute Gasteiger partial charge is 0.497 e. The van der Waals surface area contributed by atoms with Gasteiger partial charge in [-0.3, -0.25) is 4.79 Å². The smallest absolute Gasteiger partial charge is 0.262 e. The Balaban J connectivity index is 1.15. The molecule has 34 heavy (non-hydrogen) atoms. The van der Waals surface area contributed by atoms with Gasteiger partial charge in [0.1, 0.15) is 17.0 Å². The van der Waals surface area contributed by atoms with Gasteiger partial charge in [-0.1, -0.05) is 31.4 Å². The first-order chi connectivity index (χ1) is 16.7. The van der Waals surface area contributed by atoms with E-state index in [1.165, 1.54) is 37.7 Å². The maximum atomic E-state index is 12.4. The molecule has 6 heteroatoms. The topological polar surface area (TPSA) is 73.6 Å². The van der Waals surface area contributed by atoms with E-state index in [2.05, 4.69) is 22.4 Å². The number of carbonyl (C=O) groups excluding carboxylic acids is 1. The average molecular weight is 457 g/mol. The Bertz CT molecular complexity index is 1260. The van der Waals surface area contributed by atoms with Crippen LogP contribution < -0.4 is 14.8 Å². The molecule has 1 saturated carbocycles. The SMILES string of the molecule is COc1ccc2oc(-c3ccc(NC(=O)COc4ccc(C5CCCCC5)cc4)cc3)nc2c1. The van der Waals surface area contributed by atoms with E-state index < -0.39 is 0 Å². The Morgan fingerprint density at radius 1 is 0.971 bits per heavy atom. The Labute approximate surface area is 198 Å². The first-order valence-corrected chi connectivity index (χ1v) is 11.8. The number of rotatable bonds is 7. The molecule has 1 amide bonds. The third-order valence-corrected chi connectivity index (χ3v) is 6.34. The lowest BCUT2D eigenvalue weighted by Crippen LogP contribution is -2.20. The lowest BCUT2D eigenvalue weighted by molar-refractivity contribution is -0.118. The number of anilines is 1. The van der Waals surface area contributed by atoms with Crippen LogP contribution in [0.1, 0.15) is 43.6 Å². The average Bonchev–Trinajstić information content (AvgIpc) is 3.32. The highest BCUT2D eigenvalue weighted by molar-refractivity contribution is 5.92. The molecule has 0 saturated heterocycles. The Kier molecular flexibility index (Phi) is 6.47. The van der Waals surface area contributed by atoms with Gasteiger partial charge in [0, 0.05) is 17.3 Å². The van der Waals surface area contributed by atoms with Crippen molar-refractivity contribution in [3.63, 3.8) is 0 Å². The summed E-state index contributed by atoms with van der Waals surface area (Å²) >= 11 is 0. The molecule has 5 rings (SSSR count). The molecule has 3 aromatic carbocycles. The minimum atomic E-state index is -0.210. The van der Waals surface area contributed by atoms with E-state index in [-0.39, 0.29) is 12.5 Å². The number of hydrogen-bond donors (Lipinski definition) is 1. The maximum Gasteiger partial charge on any atom is 0.262 e. The molecule has 4 aromatic rings. The summed E-state index contributed by atoms with van der Waals surface area (Å²) in [4.78, 5) is 16.9. The van der Waals surface area contributed by atoms with Crippen molar-refractivity contribution < 1.29 is 18.7 Å². The zero-order valence-corrected chi connectivity index (χ0v) is 19.3. The molecule has 1 heterocycles. The molecule has 174 valence electrons. The molecule has 0 bridgehead atoms. The summed E-state index contributed by atoms with van der Waals surface area (Å²) < 4.78 is 16.8. The molecule has 0 unspecified atom stereocenters. The van der Waals surface area contributed by atoms with Crippen LogP contribution in [0, 0.1) is 0 Å². The lowest BCUT2D eigenvalue weighted by atomic mass is 9.84. The van der Waals surface area contributed by atoms with Crippen LogP contribution in [0.15, 0.2) is 71.1 Å². The van der Waals surface area contributed by atoms with E-state index in [0.29, 0.717) is 28.8 Å². The highest BCUT2D eigenvalue weighted by Crippen LogP contribution is 2.33. The number of hydrogen-bond acceptors (Lipinski definition) is 5. The Hall–Kier alpha value is -3.80. The summed E-state index contributed by atoms with van der Waals surface area (Å²) in [6.07, 6.45) is 6.51. The predicted molar refractivity (Wildman–Crippen MR) is 132 cm³/mol. The quantitative estimate of drug-likeness (QED) is 0.340. The van der Waals surface area contributed by atoms with Crippen molar-refractivity contribution in [2.45, 2.75) is 38.0 Å². The summed E-state index contributed by atoms with van der Waals surface area (Å²) in [5, 5.41) is 2.86. The predicted octanol–water partition coefficient (Wildman–Crippen LogP) is 6.57. The number of nitrogens with zero attached hydrogens (tertiary/aromatic N) is 1. The van der Waals surface area contributed by atoms with Crippen molar-refractivity contribution in [2.75, 3.05) is 19.0 Å². The van der Waals surface area contributed by atoms with Crippen molar-refractivity contribution in [2.24, 2.45) is 0 Å². The van der Waals surface area contributed by atoms with Gasteiger partial charge in [-0.15, -0.1) is 0 Å². The van der Waals surface area contributed by atoms with Gasteiger partial charge in [-0.25, -0.2) is 4.98 Å². The highest BCUT2D eigenvalue weighted by Gasteiger charge is 2.15. The van der Waals surface area contributed by atoms with Crippen molar-refractivity contribution in [3.8, 4) is 23.0 Å². The van der Waals surface area contributed by atoms with Gasteiger partial charge in [0.25, 0.3) is 5.91 Å². The monoisotopic (exact) mass is 456 g/mol. The molecule has 0 aliphatic heterocycles. The first-order valence-electron chi connectivity index (χ1n) is 11.8. The zero-order valence-electron chi connectivity index (χ0n) is 19.3. The Morgan fingerprint density at radius 2 is 1.71 bits per heavy atom. The van der Waals surface area contributed by atoms with E-state index in [4.69, 9.17) is 13.9 Å². The number of ether oxygens (including phenoxy) is 2. The minimum Gasteiger partial charge on any atom is -0.497 e. The van der Waals surface area contributed by atoms with Crippen molar-refractivity contribution in [1.29, 1.82) is 0 Å². The van der Waals surface area contributed by atoms with E-state index >= 15 is 0 Å². The summed E-state index contributed by atoms with van der Waals surface area (Å²) in [6, 6.07) is 21.1. The standard InChI is InChI=1S/C28H28N2O4/c1-32-24-15-16-26-25(17-24)30-28(34-26)21-7-11-22(12-8-21)29-27(31)18-33-23-13-9-20(10-14-23)19-5-3-2-4-6-19/h7-17,19H,2-6,18H2,1H3,(H,29,31). The molecule has 1 aliphatic carbocycles. The molecule has 1 aliphatic rings. The first kappa shape index (κ1) is 22.0. The fourth-order valence-corrected chi connectivity index (χ4v) is 4.47. The minimum absolute atomic E-state index is 0.0442. The van der Waals surface area contributed by atoms with Crippen LogP contribution in [0.4, 0.5) is 5.69 Å². The molecule has 1 N–H and O–H groups in total. The second-order valence-electron chi connectivity index (χ2n) is 8.67. The number of oxazole rings is 1. The van der Waals surface area contributed by atoms with Gasteiger partial charge < -0.3 is 19.2 Å². The highest BCUT2D eigenvalue weighted by atomic mass is 16.5. The van der Waals surface area contributed by atoms with E-state index in [9.17, 15) is 4.79 Å². The van der Waals surface area contributed by atoms with Crippen LogP contribution in [-0.4, -0.2) is 24.6 Å². The summed E-state index contributed by atoms with van der Waals surface area (Å²) in [7, 11) is 1.62. The van der Waals surface area contributed by atoms with Crippen LogP contribution in [0.5, 0.6) is 11.5 Å². The molecular weight excluding hydrogens is 428 g/mol. The second kappa shape index (κ2) is 10.00. The van der Waals surface area contributed by atoms with Crippen LogP contribution in [-0.2, 0) is 4.79 Å². The number of benzene rings is 3. The molecule has 0 spiro atoms. The van der Waals surface area contributed by atoms with Crippen molar-refractivity contribution in [3.05, 3.63) is 72.3 Å². The third kappa shape index (κ3) is 5.06. The molecule has 6 nitrogen and oxygen atoms in total. The molecule has 0 atom stereocenters. The number of nitrogens with one attached hydrogen (secondary N) is 1. The maximum absolute atomic E-state index is 12.4. The third-order valence-electron chi connectivity index (χ3n) is 6.34. The van der Waals surface area contributed by atoms with Crippen LogP contribution in [0.25, 0.3) is 22.6 Å². The van der Waals surface area contributed by atoms with Crippen molar-refractivity contribution in [1.82, 2.24) is 4.98 Å².